The number of hydrogen-bond donors (Lipinski definition) is 1. The van der Waals surface area contributed by atoms with Crippen LogP contribution in [0.2, 0.25) is 10.0 Å². The van der Waals surface area contributed by atoms with Gasteiger partial charge in [0.05, 0.1) is 0 Å². The summed E-state index contributed by atoms with van der Waals surface area (Å²) in [6, 6.07) is 5.31. The first kappa shape index (κ1) is 18.1. The molecule has 0 radical (unpaired) electrons. The van der Waals surface area contributed by atoms with Gasteiger partial charge in [-0.05, 0) is 50.8 Å². The van der Waals surface area contributed by atoms with Crippen molar-refractivity contribution in [2.24, 2.45) is 5.41 Å². The predicted molar refractivity (Wildman–Crippen MR) is 92.8 cm³/mol. The lowest BCUT2D eigenvalue weighted by Gasteiger charge is -2.24. The molecule has 1 fully saturated rings. The molecule has 0 spiro atoms. The highest BCUT2D eigenvalue weighted by Crippen LogP contribution is 2.47. The number of hydrogen-bond acceptors (Lipinski definition) is 2. The summed E-state index contributed by atoms with van der Waals surface area (Å²) in [6.07, 6.45) is 1.88. The Balaban J connectivity index is 1.91. The van der Waals surface area contributed by atoms with Gasteiger partial charge in [0.25, 0.3) is 0 Å². The average Bonchev–Trinajstić information content (AvgIpc) is 3.32. The topological polar surface area (TPSA) is 49.4 Å². The van der Waals surface area contributed by atoms with Crippen molar-refractivity contribution in [2.45, 2.75) is 33.1 Å². The quantitative estimate of drug-likeness (QED) is 0.762. The van der Waals surface area contributed by atoms with Gasteiger partial charge < -0.3 is 10.2 Å². The maximum atomic E-state index is 12.5. The second-order valence-corrected chi connectivity index (χ2v) is 6.64. The molecule has 2 rings (SSSR count). The minimum Gasteiger partial charge on any atom is -0.355 e. The van der Waals surface area contributed by atoms with Crippen LogP contribution >= 0.6 is 23.2 Å². The highest BCUT2D eigenvalue weighted by Gasteiger charge is 2.57. The second-order valence-electron chi connectivity index (χ2n) is 5.80. The van der Waals surface area contributed by atoms with E-state index in [0.29, 0.717) is 48.9 Å². The van der Waals surface area contributed by atoms with E-state index in [0.717, 1.165) is 5.56 Å². The molecule has 126 valence electrons. The smallest absolute Gasteiger partial charge is 0.238 e. The monoisotopic (exact) mass is 356 g/mol. The molecule has 0 heterocycles. The van der Waals surface area contributed by atoms with Gasteiger partial charge in [0.1, 0.15) is 5.41 Å². The summed E-state index contributed by atoms with van der Waals surface area (Å²) in [5.41, 5.74) is 0.0896. The molecule has 1 aliphatic rings. The van der Waals surface area contributed by atoms with Crippen LogP contribution in [0.15, 0.2) is 18.2 Å². The van der Waals surface area contributed by atoms with E-state index in [2.05, 4.69) is 5.32 Å². The maximum Gasteiger partial charge on any atom is 0.238 e. The molecule has 0 saturated heterocycles. The third-order valence-corrected chi connectivity index (χ3v) is 4.93. The zero-order chi connectivity index (χ0) is 17.0. The molecular formula is C17H22Cl2N2O2. The van der Waals surface area contributed by atoms with Crippen LogP contribution in [0.4, 0.5) is 0 Å². The molecule has 1 aliphatic carbocycles. The molecule has 0 atom stereocenters. The normalized spacial score (nSPS) is 15.1. The van der Waals surface area contributed by atoms with Crippen LogP contribution in [0.25, 0.3) is 0 Å². The molecule has 1 saturated carbocycles. The molecule has 4 nitrogen and oxygen atoms in total. The maximum absolute atomic E-state index is 12.5. The number of benzene rings is 1. The lowest BCUT2D eigenvalue weighted by molar-refractivity contribution is -0.143. The summed E-state index contributed by atoms with van der Waals surface area (Å²) in [5.74, 6) is -0.219. The number of nitrogens with zero attached hydrogens (tertiary/aromatic N) is 1. The SMILES string of the molecule is CCN(CC)C(=O)C1(C(=O)NCCc2ccc(Cl)cc2Cl)CC1. The zero-order valence-electron chi connectivity index (χ0n) is 13.5. The first-order valence-corrected chi connectivity index (χ1v) is 8.71. The van der Waals surface area contributed by atoms with Crippen molar-refractivity contribution in [1.29, 1.82) is 0 Å². The van der Waals surface area contributed by atoms with E-state index in [1.807, 2.05) is 19.9 Å². The van der Waals surface area contributed by atoms with Gasteiger partial charge in [-0.2, -0.15) is 0 Å². The average molecular weight is 357 g/mol. The molecule has 0 aromatic heterocycles. The van der Waals surface area contributed by atoms with Crippen LogP contribution in [-0.4, -0.2) is 36.3 Å². The van der Waals surface area contributed by atoms with E-state index in [1.54, 1.807) is 17.0 Å². The summed E-state index contributed by atoms with van der Waals surface area (Å²) in [5, 5.41) is 4.06. The first-order chi connectivity index (χ1) is 10.9. The highest BCUT2D eigenvalue weighted by atomic mass is 35.5. The van der Waals surface area contributed by atoms with Crippen molar-refractivity contribution in [1.82, 2.24) is 10.2 Å². The number of rotatable bonds is 7. The largest absolute Gasteiger partial charge is 0.355 e. The van der Waals surface area contributed by atoms with Crippen LogP contribution in [-0.2, 0) is 16.0 Å². The molecule has 1 aromatic rings. The van der Waals surface area contributed by atoms with Crippen LogP contribution in [0, 0.1) is 5.41 Å². The minimum atomic E-state index is -0.837. The number of halogens is 2. The van der Waals surface area contributed by atoms with Gasteiger partial charge >= 0.3 is 0 Å². The Bertz CT molecular complexity index is 596. The predicted octanol–water partition coefficient (Wildman–Crippen LogP) is 3.30. The van der Waals surface area contributed by atoms with Crippen LogP contribution in [0.1, 0.15) is 32.3 Å². The highest BCUT2D eigenvalue weighted by molar-refractivity contribution is 6.35. The molecule has 0 bridgehead atoms. The van der Waals surface area contributed by atoms with E-state index in [-0.39, 0.29) is 11.8 Å². The molecule has 0 aliphatic heterocycles. The third-order valence-electron chi connectivity index (χ3n) is 4.34. The summed E-state index contributed by atoms with van der Waals surface area (Å²) in [7, 11) is 0. The number of carbonyl (C=O) groups excluding carboxylic acids is 2. The third kappa shape index (κ3) is 3.99. The zero-order valence-corrected chi connectivity index (χ0v) is 15.0. The van der Waals surface area contributed by atoms with Crippen molar-refractivity contribution in [2.75, 3.05) is 19.6 Å². The summed E-state index contributed by atoms with van der Waals surface area (Å²) in [6.45, 7) is 5.57. The fourth-order valence-electron chi connectivity index (χ4n) is 2.68. The van der Waals surface area contributed by atoms with Crippen molar-refractivity contribution >= 4 is 35.0 Å². The fourth-order valence-corrected chi connectivity index (χ4v) is 3.18. The Labute approximate surface area is 147 Å². The van der Waals surface area contributed by atoms with Gasteiger partial charge in [0.15, 0.2) is 0 Å². The number of amides is 2. The van der Waals surface area contributed by atoms with E-state index >= 15 is 0 Å². The van der Waals surface area contributed by atoms with Gasteiger partial charge in [0.2, 0.25) is 11.8 Å². The Hall–Kier alpha value is -1.26. The van der Waals surface area contributed by atoms with Gasteiger partial charge in [-0.3, -0.25) is 9.59 Å². The fraction of sp³-hybridized carbons (Fsp3) is 0.529. The Morgan fingerprint density at radius 2 is 1.87 bits per heavy atom. The molecule has 0 unspecified atom stereocenters. The molecule has 1 aromatic carbocycles. The van der Waals surface area contributed by atoms with E-state index < -0.39 is 5.41 Å². The Morgan fingerprint density at radius 3 is 2.39 bits per heavy atom. The standard InChI is InChI=1S/C17H22Cl2N2O2/c1-3-21(4-2)16(23)17(8-9-17)15(22)20-10-7-12-5-6-13(18)11-14(12)19/h5-6,11H,3-4,7-10H2,1-2H3,(H,20,22). The van der Waals surface area contributed by atoms with E-state index in [9.17, 15) is 9.59 Å². The van der Waals surface area contributed by atoms with Crippen LogP contribution in [0.3, 0.4) is 0 Å². The van der Waals surface area contributed by atoms with E-state index in [1.165, 1.54) is 0 Å². The Morgan fingerprint density at radius 1 is 1.22 bits per heavy atom. The van der Waals surface area contributed by atoms with Crippen LogP contribution < -0.4 is 5.32 Å². The van der Waals surface area contributed by atoms with Gasteiger partial charge in [-0.1, -0.05) is 29.3 Å². The van der Waals surface area contributed by atoms with Gasteiger partial charge in [-0.25, -0.2) is 0 Å². The van der Waals surface area contributed by atoms with Gasteiger partial charge in [-0.15, -0.1) is 0 Å². The van der Waals surface area contributed by atoms with Crippen LogP contribution in [0.5, 0.6) is 0 Å². The molecule has 1 N–H and O–H groups in total. The number of nitrogens with one attached hydrogen (secondary N) is 1. The lowest BCUT2D eigenvalue weighted by Crippen LogP contribution is -2.45. The minimum absolute atomic E-state index is 0.0514. The Kier molecular flexibility index (Phi) is 5.93. The summed E-state index contributed by atoms with van der Waals surface area (Å²) < 4.78 is 0. The van der Waals surface area contributed by atoms with Crippen molar-refractivity contribution in [3.63, 3.8) is 0 Å². The van der Waals surface area contributed by atoms with Crippen molar-refractivity contribution < 1.29 is 9.59 Å². The molecular weight excluding hydrogens is 335 g/mol. The summed E-state index contributed by atoms with van der Waals surface area (Å²) in [4.78, 5) is 26.6. The first-order valence-electron chi connectivity index (χ1n) is 7.96. The number of carbonyl (C=O) groups is 2. The van der Waals surface area contributed by atoms with Gasteiger partial charge in [0, 0.05) is 29.7 Å². The lowest BCUT2D eigenvalue weighted by atomic mass is 10.0. The van der Waals surface area contributed by atoms with Crippen molar-refractivity contribution in [3.8, 4) is 0 Å². The summed E-state index contributed by atoms with van der Waals surface area (Å²) >= 11 is 12.0. The second kappa shape index (κ2) is 7.54. The molecule has 2 amide bonds. The molecule has 23 heavy (non-hydrogen) atoms. The van der Waals surface area contributed by atoms with E-state index in [4.69, 9.17) is 23.2 Å². The van der Waals surface area contributed by atoms with Crippen molar-refractivity contribution in [3.05, 3.63) is 33.8 Å². The molecule has 6 heteroatoms.